The summed E-state index contributed by atoms with van der Waals surface area (Å²) in [6, 6.07) is 7.88. The largest absolute Gasteiger partial charge is 0.497 e. The highest BCUT2D eigenvalue weighted by molar-refractivity contribution is 5.78. The standard InChI is InChI=1S/C14H21NO2/c1-3-15-11-10-13(16)7-4-12-5-8-14(17-2)9-6-12/h5-6,8-9,15H,3-4,7,10-11H2,1-2H3. The number of carbonyl (C=O) groups is 1. The molecule has 0 atom stereocenters. The minimum Gasteiger partial charge on any atom is -0.497 e. The highest BCUT2D eigenvalue weighted by Gasteiger charge is 2.02. The zero-order valence-corrected chi connectivity index (χ0v) is 10.7. The van der Waals surface area contributed by atoms with Crippen molar-refractivity contribution in [3.05, 3.63) is 29.8 Å². The van der Waals surface area contributed by atoms with Gasteiger partial charge >= 0.3 is 0 Å². The van der Waals surface area contributed by atoms with E-state index in [-0.39, 0.29) is 0 Å². The highest BCUT2D eigenvalue weighted by atomic mass is 16.5. The van der Waals surface area contributed by atoms with Gasteiger partial charge < -0.3 is 10.1 Å². The van der Waals surface area contributed by atoms with E-state index in [4.69, 9.17) is 4.74 Å². The lowest BCUT2D eigenvalue weighted by molar-refractivity contribution is -0.118. The molecule has 94 valence electrons. The van der Waals surface area contributed by atoms with E-state index in [1.165, 1.54) is 5.56 Å². The van der Waals surface area contributed by atoms with Gasteiger partial charge in [-0.05, 0) is 30.7 Å². The van der Waals surface area contributed by atoms with Crippen LogP contribution in [-0.4, -0.2) is 26.0 Å². The number of rotatable bonds is 8. The summed E-state index contributed by atoms with van der Waals surface area (Å²) in [5, 5.41) is 3.16. The third kappa shape index (κ3) is 5.50. The number of benzene rings is 1. The van der Waals surface area contributed by atoms with Gasteiger partial charge in [-0.3, -0.25) is 4.79 Å². The molecule has 1 rings (SSSR count). The predicted octanol–water partition coefficient (Wildman–Crippen LogP) is 2.20. The van der Waals surface area contributed by atoms with Crippen LogP contribution < -0.4 is 10.1 Å². The zero-order valence-electron chi connectivity index (χ0n) is 10.7. The Bertz CT molecular complexity index is 333. The summed E-state index contributed by atoms with van der Waals surface area (Å²) in [7, 11) is 1.65. The molecule has 0 spiro atoms. The van der Waals surface area contributed by atoms with E-state index in [2.05, 4.69) is 5.32 Å². The molecule has 17 heavy (non-hydrogen) atoms. The Kier molecular flexibility index (Phi) is 6.33. The number of Topliss-reactive ketones (excluding diaryl/α,β-unsaturated/α-hetero) is 1. The molecule has 0 bridgehead atoms. The van der Waals surface area contributed by atoms with Crippen molar-refractivity contribution in [2.45, 2.75) is 26.2 Å². The first-order valence-corrected chi connectivity index (χ1v) is 6.11. The van der Waals surface area contributed by atoms with Gasteiger partial charge in [0.15, 0.2) is 0 Å². The molecular formula is C14H21NO2. The van der Waals surface area contributed by atoms with Crippen LogP contribution >= 0.6 is 0 Å². The fourth-order valence-electron chi connectivity index (χ4n) is 1.61. The molecule has 0 fully saturated rings. The Morgan fingerprint density at radius 3 is 2.53 bits per heavy atom. The fourth-order valence-corrected chi connectivity index (χ4v) is 1.61. The Morgan fingerprint density at radius 1 is 1.24 bits per heavy atom. The minimum atomic E-state index is 0.321. The number of hydrogen-bond donors (Lipinski definition) is 1. The van der Waals surface area contributed by atoms with E-state index >= 15 is 0 Å². The molecule has 3 heteroatoms. The molecule has 0 saturated carbocycles. The van der Waals surface area contributed by atoms with Crippen LogP contribution in [0.5, 0.6) is 5.75 Å². The average molecular weight is 235 g/mol. The van der Waals surface area contributed by atoms with Crippen molar-refractivity contribution in [3.8, 4) is 5.75 Å². The molecule has 1 aromatic carbocycles. The summed E-state index contributed by atoms with van der Waals surface area (Å²) in [6.07, 6.45) is 2.07. The van der Waals surface area contributed by atoms with Gasteiger partial charge in [0.1, 0.15) is 11.5 Å². The van der Waals surface area contributed by atoms with Crippen LogP contribution in [0.3, 0.4) is 0 Å². The maximum atomic E-state index is 11.5. The number of aryl methyl sites for hydroxylation is 1. The second-order valence-electron chi connectivity index (χ2n) is 3.99. The molecule has 0 aromatic heterocycles. The lowest BCUT2D eigenvalue weighted by Crippen LogP contribution is -2.17. The van der Waals surface area contributed by atoms with Crippen LogP contribution in [0.4, 0.5) is 0 Å². The molecule has 0 aliphatic heterocycles. The van der Waals surface area contributed by atoms with E-state index < -0.39 is 0 Å². The summed E-state index contributed by atoms with van der Waals surface area (Å²) in [4.78, 5) is 11.5. The lowest BCUT2D eigenvalue weighted by Gasteiger charge is -2.04. The third-order valence-electron chi connectivity index (χ3n) is 2.68. The zero-order chi connectivity index (χ0) is 12.5. The maximum absolute atomic E-state index is 11.5. The highest BCUT2D eigenvalue weighted by Crippen LogP contribution is 2.12. The minimum absolute atomic E-state index is 0.321. The van der Waals surface area contributed by atoms with Crippen molar-refractivity contribution in [1.29, 1.82) is 0 Å². The Labute approximate surface area is 103 Å². The van der Waals surface area contributed by atoms with Gasteiger partial charge in [0.25, 0.3) is 0 Å². The van der Waals surface area contributed by atoms with Gasteiger partial charge in [-0.2, -0.15) is 0 Å². The topological polar surface area (TPSA) is 38.3 Å². The fraction of sp³-hybridized carbons (Fsp3) is 0.500. The van der Waals surface area contributed by atoms with Crippen LogP contribution in [-0.2, 0) is 11.2 Å². The molecule has 0 saturated heterocycles. The summed E-state index contributed by atoms with van der Waals surface area (Å²) >= 11 is 0. The summed E-state index contributed by atoms with van der Waals surface area (Å²) in [6.45, 7) is 3.76. The van der Waals surface area contributed by atoms with E-state index in [1.807, 2.05) is 31.2 Å². The summed E-state index contributed by atoms with van der Waals surface area (Å²) in [5.74, 6) is 1.17. The van der Waals surface area contributed by atoms with Crippen LogP contribution in [0.25, 0.3) is 0 Å². The smallest absolute Gasteiger partial charge is 0.134 e. The molecule has 0 aliphatic rings. The molecule has 3 nitrogen and oxygen atoms in total. The number of nitrogens with one attached hydrogen (secondary N) is 1. The van der Waals surface area contributed by atoms with Crippen molar-refractivity contribution in [2.24, 2.45) is 0 Å². The molecule has 0 unspecified atom stereocenters. The second-order valence-corrected chi connectivity index (χ2v) is 3.99. The first kappa shape index (κ1) is 13.7. The van der Waals surface area contributed by atoms with Gasteiger partial charge in [0.2, 0.25) is 0 Å². The van der Waals surface area contributed by atoms with Gasteiger partial charge in [-0.25, -0.2) is 0 Å². The van der Waals surface area contributed by atoms with E-state index in [0.717, 1.165) is 25.3 Å². The van der Waals surface area contributed by atoms with Crippen molar-refractivity contribution < 1.29 is 9.53 Å². The van der Waals surface area contributed by atoms with Crippen LogP contribution in [0.1, 0.15) is 25.3 Å². The Hall–Kier alpha value is -1.35. The summed E-state index contributed by atoms with van der Waals surface area (Å²) < 4.78 is 5.09. The molecule has 1 aromatic rings. The average Bonchev–Trinajstić information content (AvgIpc) is 2.37. The molecule has 0 radical (unpaired) electrons. The predicted molar refractivity (Wildman–Crippen MR) is 69.5 cm³/mol. The lowest BCUT2D eigenvalue weighted by atomic mass is 10.1. The Balaban J connectivity index is 2.27. The van der Waals surface area contributed by atoms with Crippen molar-refractivity contribution in [3.63, 3.8) is 0 Å². The molecule has 0 heterocycles. The molecular weight excluding hydrogens is 214 g/mol. The van der Waals surface area contributed by atoms with Gasteiger partial charge in [-0.15, -0.1) is 0 Å². The number of carbonyl (C=O) groups excluding carboxylic acids is 1. The SMILES string of the molecule is CCNCCC(=O)CCc1ccc(OC)cc1. The summed E-state index contributed by atoms with van der Waals surface area (Å²) in [5.41, 5.74) is 1.18. The van der Waals surface area contributed by atoms with Crippen molar-refractivity contribution in [1.82, 2.24) is 5.32 Å². The van der Waals surface area contributed by atoms with E-state index in [9.17, 15) is 4.79 Å². The quantitative estimate of drug-likeness (QED) is 0.702. The molecule has 0 amide bonds. The van der Waals surface area contributed by atoms with Gasteiger partial charge in [0, 0.05) is 19.4 Å². The van der Waals surface area contributed by atoms with Crippen molar-refractivity contribution >= 4 is 5.78 Å². The molecule has 0 aliphatic carbocycles. The van der Waals surface area contributed by atoms with Gasteiger partial charge in [0.05, 0.1) is 7.11 Å². The normalized spacial score (nSPS) is 10.2. The second kappa shape index (κ2) is 7.85. The van der Waals surface area contributed by atoms with Crippen molar-refractivity contribution in [2.75, 3.05) is 20.2 Å². The van der Waals surface area contributed by atoms with Gasteiger partial charge in [-0.1, -0.05) is 19.1 Å². The van der Waals surface area contributed by atoms with Crippen LogP contribution in [0.2, 0.25) is 0 Å². The monoisotopic (exact) mass is 235 g/mol. The van der Waals surface area contributed by atoms with Crippen LogP contribution in [0, 0.1) is 0 Å². The number of ketones is 1. The number of hydrogen-bond acceptors (Lipinski definition) is 3. The number of ether oxygens (including phenoxy) is 1. The first-order chi connectivity index (χ1) is 8.26. The number of methoxy groups -OCH3 is 1. The third-order valence-corrected chi connectivity index (χ3v) is 2.68. The Morgan fingerprint density at radius 2 is 1.94 bits per heavy atom. The van der Waals surface area contributed by atoms with E-state index in [0.29, 0.717) is 18.6 Å². The molecule has 1 N–H and O–H groups in total. The maximum Gasteiger partial charge on any atom is 0.134 e. The first-order valence-electron chi connectivity index (χ1n) is 6.11. The van der Waals surface area contributed by atoms with E-state index in [1.54, 1.807) is 7.11 Å². The van der Waals surface area contributed by atoms with Crippen LogP contribution in [0.15, 0.2) is 24.3 Å².